The van der Waals surface area contributed by atoms with Gasteiger partial charge in [0.2, 0.25) is 0 Å². The summed E-state index contributed by atoms with van der Waals surface area (Å²) in [6, 6.07) is 17.7. The minimum atomic E-state index is -0.260. The lowest BCUT2D eigenvalue weighted by molar-refractivity contribution is 0.393. The first kappa shape index (κ1) is 22.1. The smallest absolute Gasteiger partial charge is 0.141 e. The first-order valence-corrected chi connectivity index (χ1v) is 11.5. The van der Waals surface area contributed by atoms with Gasteiger partial charge in [-0.2, -0.15) is 5.26 Å². The van der Waals surface area contributed by atoms with Crippen LogP contribution in [0.1, 0.15) is 54.7 Å². The Morgan fingerprint density at radius 3 is 2.41 bits per heavy atom. The Hall–Kier alpha value is -3.10. The van der Waals surface area contributed by atoms with Crippen LogP contribution in [0.15, 0.2) is 47.0 Å². The van der Waals surface area contributed by atoms with Gasteiger partial charge in [0.15, 0.2) is 0 Å². The van der Waals surface area contributed by atoms with Gasteiger partial charge >= 0.3 is 0 Å². The monoisotopic (exact) mass is 428 g/mol. The molecule has 1 saturated carbocycles. The van der Waals surface area contributed by atoms with Gasteiger partial charge in [-0.25, -0.2) is 0 Å². The van der Waals surface area contributed by atoms with Crippen LogP contribution < -0.4 is 10.6 Å². The van der Waals surface area contributed by atoms with Crippen LogP contribution in [-0.4, -0.2) is 18.2 Å². The van der Waals surface area contributed by atoms with Gasteiger partial charge in [0, 0.05) is 23.5 Å². The zero-order chi connectivity index (χ0) is 22.7. The minimum absolute atomic E-state index is 0.260. The fourth-order valence-corrected chi connectivity index (χ4v) is 4.48. The quantitative estimate of drug-likeness (QED) is 0.417. The molecule has 0 bridgehead atoms. The molecule has 5 heteroatoms. The predicted octanol–water partition coefficient (Wildman–Crippen LogP) is 6.09. The number of aryl methyl sites for hydroxylation is 3. The molecule has 0 saturated heterocycles. The highest BCUT2D eigenvalue weighted by atomic mass is 16.5. The third kappa shape index (κ3) is 4.28. The molecule has 1 aliphatic carbocycles. The summed E-state index contributed by atoms with van der Waals surface area (Å²) in [7, 11) is 0. The average Bonchev–Trinajstić information content (AvgIpc) is 3.54. The lowest BCUT2D eigenvalue weighted by Gasteiger charge is -2.28. The van der Waals surface area contributed by atoms with Crippen molar-refractivity contribution in [2.75, 3.05) is 18.0 Å². The third-order valence-corrected chi connectivity index (χ3v) is 6.60. The van der Waals surface area contributed by atoms with E-state index in [1.807, 2.05) is 13.8 Å². The van der Waals surface area contributed by atoms with Crippen LogP contribution in [0.4, 0.5) is 11.4 Å². The summed E-state index contributed by atoms with van der Waals surface area (Å²) in [5.74, 6) is 0.836. The molecule has 0 aliphatic heterocycles. The topological polar surface area (TPSA) is 79.1 Å². The molecule has 0 spiro atoms. The minimum Gasteiger partial charge on any atom is -0.361 e. The van der Waals surface area contributed by atoms with E-state index < -0.39 is 0 Å². The van der Waals surface area contributed by atoms with Crippen molar-refractivity contribution in [3.8, 4) is 17.2 Å². The van der Waals surface area contributed by atoms with Crippen molar-refractivity contribution in [3.63, 3.8) is 0 Å². The second-order valence-corrected chi connectivity index (χ2v) is 8.94. The number of benzene rings is 2. The summed E-state index contributed by atoms with van der Waals surface area (Å²) in [6.07, 6.45) is 5.13. The molecule has 1 fully saturated rings. The van der Waals surface area contributed by atoms with Crippen molar-refractivity contribution in [2.45, 2.75) is 58.3 Å². The first-order chi connectivity index (χ1) is 15.5. The van der Waals surface area contributed by atoms with E-state index in [9.17, 15) is 5.26 Å². The van der Waals surface area contributed by atoms with Gasteiger partial charge in [-0.05, 0) is 87.9 Å². The Labute approximate surface area is 190 Å². The van der Waals surface area contributed by atoms with E-state index in [4.69, 9.17) is 10.3 Å². The van der Waals surface area contributed by atoms with Gasteiger partial charge in [0.1, 0.15) is 5.76 Å². The standard InChI is InChI=1S/C27H32N4O/c1-19-7-8-22(26-20(2)30-32-21(26)3)17-25(19)31(16-6-4-5-15-28)24-11-9-23(10-12-24)27(18-29)13-14-27/h7-12,17H,4-6,13-16,28H2,1-3H3. The maximum absolute atomic E-state index is 9.55. The molecule has 1 aromatic heterocycles. The van der Waals surface area contributed by atoms with Crippen molar-refractivity contribution < 1.29 is 4.52 Å². The predicted molar refractivity (Wildman–Crippen MR) is 129 cm³/mol. The van der Waals surface area contributed by atoms with Crippen LogP contribution in [0, 0.1) is 32.1 Å². The number of hydrogen-bond acceptors (Lipinski definition) is 5. The molecule has 0 unspecified atom stereocenters. The van der Waals surface area contributed by atoms with Crippen LogP contribution in [-0.2, 0) is 5.41 Å². The SMILES string of the molecule is Cc1ccc(-c2c(C)noc2C)cc1N(CCCCCN)c1ccc(C2(C#N)CC2)cc1. The maximum Gasteiger partial charge on any atom is 0.141 e. The van der Waals surface area contributed by atoms with E-state index >= 15 is 0 Å². The fourth-order valence-electron chi connectivity index (χ4n) is 4.48. The number of hydrogen-bond donors (Lipinski definition) is 1. The molecule has 2 aromatic carbocycles. The molecule has 166 valence electrons. The van der Waals surface area contributed by atoms with E-state index in [0.29, 0.717) is 0 Å². The Kier molecular flexibility index (Phi) is 6.34. The lowest BCUT2D eigenvalue weighted by Crippen LogP contribution is -2.20. The summed E-state index contributed by atoms with van der Waals surface area (Å²) in [6.45, 7) is 7.74. The van der Waals surface area contributed by atoms with E-state index in [2.05, 4.69) is 65.5 Å². The number of unbranched alkanes of at least 4 members (excludes halogenated alkanes) is 2. The zero-order valence-corrected chi connectivity index (χ0v) is 19.3. The number of nitrogens with zero attached hydrogens (tertiary/aromatic N) is 3. The lowest BCUT2D eigenvalue weighted by atomic mass is 9.97. The molecular formula is C27H32N4O. The van der Waals surface area contributed by atoms with Gasteiger partial charge in [-0.3, -0.25) is 0 Å². The number of nitrogens with two attached hydrogens (primary N) is 1. The van der Waals surface area contributed by atoms with Crippen LogP contribution in [0.5, 0.6) is 0 Å². The summed E-state index contributed by atoms with van der Waals surface area (Å²) in [4.78, 5) is 2.39. The van der Waals surface area contributed by atoms with Crippen LogP contribution in [0.2, 0.25) is 0 Å². The number of rotatable bonds is 9. The number of anilines is 2. The summed E-state index contributed by atoms with van der Waals surface area (Å²) < 4.78 is 5.42. The molecule has 32 heavy (non-hydrogen) atoms. The van der Waals surface area contributed by atoms with Crippen LogP contribution >= 0.6 is 0 Å². The van der Waals surface area contributed by atoms with Crippen molar-refractivity contribution in [2.24, 2.45) is 5.73 Å². The highest BCUT2D eigenvalue weighted by Crippen LogP contribution is 2.48. The second-order valence-electron chi connectivity index (χ2n) is 8.94. The molecule has 4 rings (SSSR count). The molecule has 1 heterocycles. The first-order valence-electron chi connectivity index (χ1n) is 11.5. The average molecular weight is 429 g/mol. The summed E-state index contributed by atoms with van der Waals surface area (Å²) in [5.41, 5.74) is 13.2. The molecule has 0 atom stereocenters. The molecular weight excluding hydrogens is 396 g/mol. The van der Waals surface area contributed by atoms with Gasteiger partial charge in [0.05, 0.1) is 17.2 Å². The Bertz CT molecular complexity index is 1100. The molecule has 0 radical (unpaired) electrons. The van der Waals surface area contributed by atoms with Gasteiger partial charge in [0.25, 0.3) is 0 Å². The summed E-state index contributed by atoms with van der Waals surface area (Å²) >= 11 is 0. The van der Waals surface area contributed by atoms with Crippen molar-refractivity contribution in [1.29, 1.82) is 5.26 Å². The molecule has 0 amide bonds. The highest BCUT2D eigenvalue weighted by molar-refractivity contribution is 5.76. The maximum atomic E-state index is 9.55. The number of nitriles is 1. The highest BCUT2D eigenvalue weighted by Gasteiger charge is 2.44. The van der Waals surface area contributed by atoms with E-state index in [1.54, 1.807) is 0 Å². The molecule has 1 aliphatic rings. The summed E-state index contributed by atoms with van der Waals surface area (Å²) in [5, 5.41) is 13.7. The van der Waals surface area contributed by atoms with Crippen LogP contribution in [0.25, 0.3) is 11.1 Å². The third-order valence-electron chi connectivity index (χ3n) is 6.60. The molecule has 3 aromatic rings. The molecule has 2 N–H and O–H groups in total. The van der Waals surface area contributed by atoms with E-state index in [-0.39, 0.29) is 5.41 Å². The number of aromatic nitrogens is 1. The Morgan fingerprint density at radius 1 is 1.06 bits per heavy atom. The van der Waals surface area contributed by atoms with Crippen LogP contribution in [0.3, 0.4) is 0 Å². The Morgan fingerprint density at radius 2 is 1.81 bits per heavy atom. The van der Waals surface area contributed by atoms with E-state index in [0.717, 1.165) is 79.0 Å². The Balaban J connectivity index is 1.70. The van der Waals surface area contributed by atoms with Gasteiger partial charge < -0.3 is 15.2 Å². The van der Waals surface area contributed by atoms with Crippen molar-refractivity contribution >= 4 is 11.4 Å². The fraction of sp³-hybridized carbons (Fsp3) is 0.407. The normalized spacial score (nSPS) is 14.2. The van der Waals surface area contributed by atoms with Crippen molar-refractivity contribution in [3.05, 3.63) is 65.0 Å². The molecule has 5 nitrogen and oxygen atoms in total. The van der Waals surface area contributed by atoms with Gasteiger partial charge in [-0.15, -0.1) is 0 Å². The zero-order valence-electron chi connectivity index (χ0n) is 19.3. The van der Waals surface area contributed by atoms with Gasteiger partial charge in [-0.1, -0.05) is 35.8 Å². The second kappa shape index (κ2) is 9.18. The van der Waals surface area contributed by atoms with Crippen molar-refractivity contribution in [1.82, 2.24) is 5.16 Å². The van der Waals surface area contributed by atoms with E-state index in [1.165, 1.54) is 11.3 Å². The largest absolute Gasteiger partial charge is 0.361 e.